The van der Waals surface area contributed by atoms with Crippen molar-refractivity contribution >= 4 is 11.4 Å². The summed E-state index contributed by atoms with van der Waals surface area (Å²) in [7, 11) is 0. The molecule has 0 aromatic heterocycles. The highest BCUT2D eigenvalue weighted by Gasteiger charge is 2.01. The van der Waals surface area contributed by atoms with E-state index in [1.807, 2.05) is 30.9 Å². The minimum Gasteiger partial charge on any atom is -0.399 e. The zero-order valence-electron chi connectivity index (χ0n) is 8.96. The molecule has 0 unspecified atom stereocenters. The van der Waals surface area contributed by atoms with E-state index >= 15 is 0 Å². The summed E-state index contributed by atoms with van der Waals surface area (Å²) in [4.78, 5) is 2.01. The maximum atomic E-state index is 5.75. The van der Waals surface area contributed by atoms with Crippen LogP contribution >= 0.6 is 0 Å². The highest BCUT2D eigenvalue weighted by Crippen LogP contribution is 2.19. The average molecular weight is 188 g/mol. The molecule has 0 saturated heterocycles. The summed E-state index contributed by atoms with van der Waals surface area (Å²) in [5.74, 6) is 2.90. The Bertz CT molecular complexity index is 372. The average Bonchev–Trinajstić information content (AvgIpc) is 2.19. The summed E-state index contributed by atoms with van der Waals surface area (Å²) < 4.78 is 0. The highest BCUT2D eigenvalue weighted by molar-refractivity contribution is 5.60. The molecule has 0 heterocycles. The molecule has 0 amide bonds. The minimum absolute atomic E-state index is 0.828. The van der Waals surface area contributed by atoms with Crippen molar-refractivity contribution in [2.24, 2.45) is 0 Å². The second kappa shape index (κ2) is 4.57. The summed E-state index contributed by atoms with van der Waals surface area (Å²) in [6, 6.07) is 9.01. The Kier molecular flexibility index (Phi) is 3.41. The van der Waals surface area contributed by atoms with Crippen LogP contribution in [-0.4, -0.2) is 6.54 Å². The molecule has 2 N–H and O–H groups in total. The molecule has 0 atom stereocenters. The monoisotopic (exact) mass is 188 g/mol. The number of nitrogens with two attached hydrogens (primary N) is 1. The van der Waals surface area contributed by atoms with Gasteiger partial charge in [0.15, 0.2) is 0 Å². The number of hydrogen-bond acceptors (Lipinski definition) is 2. The van der Waals surface area contributed by atoms with Gasteiger partial charge in [-0.15, -0.1) is 0 Å². The standard InChI is InChI=1S/C12H16N2/c1-4-8-14(5-2)11-6-7-12(13)10(3)9-11/h6-7,9H,5,13H2,1-3H3. The molecule has 2 heteroatoms. The van der Waals surface area contributed by atoms with Crippen LogP contribution in [0.5, 0.6) is 0 Å². The van der Waals surface area contributed by atoms with Gasteiger partial charge in [0, 0.05) is 24.0 Å². The predicted molar refractivity (Wildman–Crippen MR) is 62.1 cm³/mol. The molecule has 0 aliphatic heterocycles. The SMILES string of the molecule is CC#CN(CC)c1ccc(N)c(C)c1. The van der Waals surface area contributed by atoms with Crippen LogP contribution in [0.25, 0.3) is 0 Å². The summed E-state index contributed by atoms with van der Waals surface area (Å²) in [5, 5.41) is 0. The van der Waals surface area contributed by atoms with Crippen LogP contribution in [0, 0.1) is 18.9 Å². The molecule has 0 fully saturated rings. The maximum Gasteiger partial charge on any atom is 0.0493 e. The minimum atomic E-state index is 0.828. The first-order valence-electron chi connectivity index (χ1n) is 4.75. The molecule has 1 aromatic rings. The summed E-state index contributed by atoms with van der Waals surface area (Å²) in [6.45, 7) is 6.80. The van der Waals surface area contributed by atoms with Crippen LogP contribution in [0.3, 0.4) is 0 Å². The number of nitrogen functional groups attached to an aromatic ring is 1. The lowest BCUT2D eigenvalue weighted by molar-refractivity contribution is 1.04. The molecule has 14 heavy (non-hydrogen) atoms. The molecular weight excluding hydrogens is 172 g/mol. The van der Waals surface area contributed by atoms with Gasteiger partial charge in [0.05, 0.1) is 0 Å². The maximum absolute atomic E-state index is 5.75. The van der Waals surface area contributed by atoms with E-state index in [9.17, 15) is 0 Å². The van der Waals surface area contributed by atoms with Gasteiger partial charge in [-0.1, -0.05) is 5.92 Å². The van der Waals surface area contributed by atoms with E-state index in [-0.39, 0.29) is 0 Å². The van der Waals surface area contributed by atoms with Gasteiger partial charge < -0.3 is 10.6 Å². The zero-order chi connectivity index (χ0) is 10.6. The van der Waals surface area contributed by atoms with Gasteiger partial charge in [-0.3, -0.25) is 0 Å². The number of nitrogens with zero attached hydrogens (tertiary/aromatic N) is 1. The molecule has 2 nitrogen and oxygen atoms in total. The first kappa shape index (κ1) is 10.5. The van der Waals surface area contributed by atoms with Gasteiger partial charge in [-0.2, -0.15) is 0 Å². The van der Waals surface area contributed by atoms with E-state index in [0.717, 1.165) is 23.5 Å². The molecule has 0 spiro atoms. The molecular formula is C12H16N2. The van der Waals surface area contributed by atoms with Crippen molar-refractivity contribution < 1.29 is 0 Å². The Morgan fingerprint density at radius 3 is 2.64 bits per heavy atom. The second-order valence-electron chi connectivity index (χ2n) is 3.15. The number of rotatable bonds is 2. The Morgan fingerprint density at radius 2 is 2.14 bits per heavy atom. The number of aryl methyl sites for hydroxylation is 1. The van der Waals surface area contributed by atoms with Crippen molar-refractivity contribution in [3.05, 3.63) is 23.8 Å². The zero-order valence-corrected chi connectivity index (χ0v) is 8.96. The van der Waals surface area contributed by atoms with E-state index in [0.29, 0.717) is 0 Å². The Morgan fingerprint density at radius 1 is 1.43 bits per heavy atom. The topological polar surface area (TPSA) is 29.3 Å². The molecule has 1 aromatic carbocycles. The van der Waals surface area contributed by atoms with Crippen molar-refractivity contribution in [2.45, 2.75) is 20.8 Å². The summed E-state index contributed by atoms with van der Waals surface area (Å²) in [5.41, 5.74) is 8.78. The molecule has 0 radical (unpaired) electrons. The Labute approximate surface area is 85.7 Å². The summed E-state index contributed by atoms with van der Waals surface area (Å²) >= 11 is 0. The third-order valence-corrected chi connectivity index (χ3v) is 2.13. The van der Waals surface area contributed by atoms with E-state index in [2.05, 4.69) is 25.0 Å². The fraction of sp³-hybridized carbons (Fsp3) is 0.333. The van der Waals surface area contributed by atoms with Gasteiger partial charge in [0.1, 0.15) is 0 Å². The van der Waals surface area contributed by atoms with Gasteiger partial charge >= 0.3 is 0 Å². The largest absolute Gasteiger partial charge is 0.399 e. The van der Waals surface area contributed by atoms with Crippen LogP contribution in [-0.2, 0) is 0 Å². The van der Waals surface area contributed by atoms with Crippen molar-refractivity contribution in [3.63, 3.8) is 0 Å². The first-order valence-corrected chi connectivity index (χ1v) is 4.75. The van der Waals surface area contributed by atoms with E-state index in [1.165, 1.54) is 0 Å². The van der Waals surface area contributed by atoms with Crippen molar-refractivity contribution in [1.82, 2.24) is 0 Å². The number of hydrogen-bond donors (Lipinski definition) is 1. The fourth-order valence-electron chi connectivity index (χ4n) is 1.29. The molecule has 0 bridgehead atoms. The van der Waals surface area contributed by atoms with Crippen LogP contribution in [0.15, 0.2) is 18.2 Å². The summed E-state index contributed by atoms with van der Waals surface area (Å²) in [6.07, 6.45) is 0. The number of anilines is 2. The Hall–Kier alpha value is -1.62. The fourth-order valence-corrected chi connectivity index (χ4v) is 1.29. The lowest BCUT2D eigenvalue weighted by Gasteiger charge is -2.16. The predicted octanol–water partition coefficient (Wildman–Crippen LogP) is 2.38. The second-order valence-corrected chi connectivity index (χ2v) is 3.15. The van der Waals surface area contributed by atoms with E-state index < -0.39 is 0 Å². The lowest BCUT2D eigenvalue weighted by atomic mass is 10.2. The van der Waals surface area contributed by atoms with Gasteiger partial charge in [-0.25, -0.2) is 0 Å². The highest BCUT2D eigenvalue weighted by atomic mass is 15.1. The van der Waals surface area contributed by atoms with Crippen molar-refractivity contribution in [3.8, 4) is 12.0 Å². The van der Waals surface area contributed by atoms with Crippen molar-refractivity contribution in [1.29, 1.82) is 0 Å². The van der Waals surface area contributed by atoms with Crippen LogP contribution < -0.4 is 10.6 Å². The molecule has 1 rings (SSSR count). The van der Waals surface area contributed by atoms with Gasteiger partial charge in [0.2, 0.25) is 0 Å². The molecule has 0 saturated carbocycles. The van der Waals surface area contributed by atoms with E-state index in [4.69, 9.17) is 5.73 Å². The quantitative estimate of drug-likeness (QED) is 0.438. The number of benzene rings is 1. The molecule has 0 aliphatic carbocycles. The normalized spacial score (nSPS) is 9.07. The van der Waals surface area contributed by atoms with Crippen molar-refractivity contribution in [2.75, 3.05) is 17.2 Å². The van der Waals surface area contributed by atoms with Crippen LogP contribution in [0.1, 0.15) is 19.4 Å². The van der Waals surface area contributed by atoms with Gasteiger partial charge in [0.25, 0.3) is 0 Å². The molecule has 0 aliphatic rings. The van der Waals surface area contributed by atoms with Crippen LogP contribution in [0.2, 0.25) is 0 Å². The van der Waals surface area contributed by atoms with Gasteiger partial charge in [-0.05, 0) is 44.5 Å². The lowest BCUT2D eigenvalue weighted by Crippen LogP contribution is -2.15. The van der Waals surface area contributed by atoms with E-state index in [1.54, 1.807) is 0 Å². The Balaban J connectivity index is 3.03. The first-order chi connectivity index (χ1) is 6.69. The van der Waals surface area contributed by atoms with Crippen LogP contribution in [0.4, 0.5) is 11.4 Å². The third-order valence-electron chi connectivity index (χ3n) is 2.13. The molecule has 74 valence electrons. The third kappa shape index (κ3) is 2.20. The smallest absolute Gasteiger partial charge is 0.0493 e.